The van der Waals surface area contributed by atoms with Crippen molar-refractivity contribution in [2.45, 2.75) is 44.6 Å². The number of pyridine rings is 1. The average Bonchev–Trinajstić information content (AvgIpc) is 3.00. The number of nitrogens with one attached hydrogen (secondary N) is 2. The van der Waals surface area contributed by atoms with Crippen LogP contribution in [0, 0.1) is 5.41 Å². The highest BCUT2D eigenvalue weighted by molar-refractivity contribution is 5.95. The molecule has 0 aromatic carbocycles. The number of aromatic amines is 1. The maximum Gasteiger partial charge on any atom is 0.347 e. The summed E-state index contributed by atoms with van der Waals surface area (Å²) in [4.78, 5) is 23.7. The molecule has 6 nitrogen and oxygen atoms in total. The third-order valence-electron chi connectivity index (χ3n) is 5.03. The summed E-state index contributed by atoms with van der Waals surface area (Å²) in [5.74, 6) is -0.0691. The van der Waals surface area contributed by atoms with Gasteiger partial charge in [0.25, 0.3) is 5.91 Å². The van der Waals surface area contributed by atoms with Crippen LogP contribution in [0.2, 0.25) is 0 Å². The molecule has 2 aliphatic carbocycles. The van der Waals surface area contributed by atoms with Gasteiger partial charge >= 0.3 is 5.69 Å². The topological polar surface area (TPSA) is 79.3 Å². The highest BCUT2D eigenvalue weighted by atomic mass is 16.2. The first-order chi connectivity index (χ1) is 10.2. The zero-order chi connectivity index (χ0) is 14.4. The van der Waals surface area contributed by atoms with E-state index in [0.717, 1.165) is 6.42 Å². The molecule has 2 aromatic rings. The molecule has 4 rings (SSSR count). The maximum atomic E-state index is 12.3. The van der Waals surface area contributed by atoms with E-state index in [1.165, 1.54) is 36.5 Å². The van der Waals surface area contributed by atoms with Crippen molar-refractivity contribution in [3.8, 4) is 0 Å². The molecule has 1 atom stereocenters. The second-order valence-electron chi connectivity index (χ2n) is 6.33. The van der Waals surface area contributed by atoms with Crippen LogP contribution in [0.5, 0.6) is 0 Å². The summed E-state index contributed by atoms with van der Waals surface area (Å²) in [6.45, 7) is 0. The van der Waals surface area contributed by atoms with E-state index in [0.29, 0.717) is 22.7 Å². The van der Waals surface area contributed by atoms with Gasteiger partial charge in [-0.25, -0.2) is 9.89 Å². The van der Waals surface area contributed by atoms with Gasteiger partial charge in [0.05, 0.1) is 0 Å². The van der Waals surface area contributed by atoms with Crippen LogP contribution in [0.4, 0.5) is 0 Å². The smallest absolute Gasteiger partial charge is 0.347 e. The number of carbonyl (C=O) groups excluding carboxylic acids is 1. The molecule has 0 bridgehead atoms. The Labute approximate surface area is 121 Å². The first-order valence-electron chi connectivity index (χ1n) is 7.56. The molecule has 0 radical (unpaired) electrons. The van der Waals surface area contributed by atoms with E-state index in [4.69, 9.17) is 0 Å². The highest BCUT2D eigenvalue weighted by Gasteiger charge is 2.54. The lowest BCUT2D eigenvalue weighted by Crippen LogP contribution is -2.30. The van der Waals surface area contributed by atoms with E-state index in [1.54, 1.807) is 18.3 Å². The highest BCUT2D eigenvalue weighted by Crippen LogP contribution is 2.56. The van der Waals surface area contributed by atoms with Crippen LogP contribution >= 0.6 is 0 Å². The van der Waals surface area contributed by atoms with Crippen molar-refractivity contribution >= 4 is 11.6 Å². The van der Waals surface area contributed by atoms with Crippen LogP contribution in [-0.2, 0) is 0 Å². The van der Waals surface area contributed by atoms with Crippen LogP contribution in [0.25, 0.3) is 5.65 Å². The Balaban J connectivity index is 1.50. The molecule has 2 aromatic heterocycles. The van der Waals surface area contributed by atoms with Gasteiger partial charge in [0.15, 0.2) is 5.65 Å². The van der Waals surface area contributed by atoms with Crippen molar-refractivity contribution in [3.63, 3.8) is 0 Å². The second-order valence-corrected chi connectivity index (χ2v) is 6.33. The van der Waals surface area contributed by atoms with E-state index in [-0.39, 0.29) is 11.6 Å². The minimum atomic E-state index is -0.291. The van der Waals surface area contributed by atoms with Crippen molar-refractivity contribution in [1.82, 2.24) is 19.9 Å². The number of H-pyrrole nitrogens is 1. The molecular weight excluding hydrogens is 268 g/mol. The zero-order valence-electron chi connectivity index (χ0n) is 11.8. The Morgan fingerprint density at radius 2 is 2.19 bits per heavy atom. The molecule has 2 aliphatic rings. The van der Waals surface area contributed by atoms with Gasteiger partial charge in [-0.1, -0.05) is 19.3 Å². The molecule has 1 unspecified atom stereocenters. The fraction of sp³-hybridized carbons (Fsp3) is 0.533. The Bertz CT molecular complexity index is 754. The van der Waals surface area contributed by atoms with Crippen molar-refractivity contribution in [3.05, 3.63) is 34.4 Å². The van der Waals surface area contributed by atoms with E-state index in [9.17, 15) is 9.59 Å². The van der Waals surface area contributed by atoms with Crippen LogP contribution < -0.4 is 11.0 Å². The lowest BCUT2D eigenvalue weighted by Gasteiger charge is -2.22. The summed E-state index contributed by atoms with van der Waals surface area (Å²) in [6, 6.07) is 3.63. The van der Waals surface area contributed by atoms with Crippen LogP contribution in [-0.4, -0.2) is 26.5 Å². The van der Waals surface area contributed by atoms with Crippen LogP contribution in [0.3, 0.4) is 0 Å². The first kappa shape index (κ1) is 12.6. The Morgan fingerprint density at radius 3 is 3.00 bits per heavy atom. The third kappa shape index (κ3) is 2.05. The number of rotatable bonds is 2. The van der Waals surface area contributed by atoms with E-state index < -0.39 is 0 Å². The lowest BCUT2D eigenvalue weighted by molar-refractivity contribution is 0.0942. The van der Waals surface area contributed by atoms with Gasteiger partial charge in [-0.3, -0.25) is 9.20 Å². The standard InChI is InChI=1S/C15H18N4O2/c20-13(16-11-9-15(11)5-2-1-3-6-15)10-4-7-19-12(8-10)17-18-14(19)21/h4,7-8,11H,1-3,5-6,9H2,(H,16,20)(H,18,21). The van der Waals surface area contributed by atoms with Crippen molar-refractivity contribution in [1.29, 1.82) is 0 Å². The summed E-state index contributed by atoms with van der Waals surface area (Å²) < 4.78 is 1.39. The number of carbonyl (C=O) groups is 1. The summed E-state index contributed by atoms with van der Waals surface area (Å²) in [5.41, 5.74) is 1.11. The van der Waals surface area contributed by atoms with Gasteiger partial charge in [-0.05, 0) is 36.8 Å². The van der Waals surface area contributed by atoms with Gasteiger partial charge in [-0.15, -0.1) is 0 Å². The fourth-order valence-corrected chi connectivity index (χ4v) is 3.65. The number of nitrogens with zero attached hydrogens (tertiary/aromatic N) is 2. The van der Waals surface area contributed by atoms with Crippen molar-refractivity contribution in [2.24, 2.45) is 5.41 Å². The minimum Gasteiger partial charge on any atom is -0.349 e. The number of aromatic nitrogens is 3. The minimum absolute atomic E-state index is 0.0691. The molecular formula is C15H18N4O2. The first-order valence-corrected chi connectivity index (χ1v) is 7.56. The van der Waals surface area contributed by atoms with Gasteiger partial charge in [0, 0.05) is 17.8 Å². The molecule has 0 aliphatic heterocycles. The molecule has 2 N–H and O–H groups in total. The van der Waals surface area contributed by atoms with Gasteiger partial charge < -0.3 is 5.32 Å². The molecule has 21 heavy (non-hydrogen) atoms. The van der Waals surface area contributed by atoms with E-state index in [1.807, 2.05) is 0 Å². The molecule has 0 saturated heterocycles. The molecule has 2 saturated carbocycles. The molecule has 1 spiro atoms. The monoisotopic (exact) mass is 286 g/mol. The summed E-state index contributed by atoms with van der Waals surface area (Å²) >= 11 is 0. The van der Waals surface area contributed by atoms with Crippen LogP contribution in [0.1, 0.15) is 48.9 Å². The van der Waals surface area contributed by atoms with Crippen molar-refractivity contribution in [2.75, 3.05) is 0 Å². The predicted molar refractivity (Wildman–Crippen MR) is 77.2 cm³/mol. The van der Waals surface area contributed by atoms with E-state index >= 15 is 0 Å². The summed E-state index contributed by atoms with van der Waals surface area (Å²) in [5, 5.41) is 9.39. The number of hydrogen-bond donors (Lipinski definition) is 2. The molecule has 110 valence electrons. The quantitative estimate of drug-likeness (QED) is 0.877. The second kappa shape index (κ2) is 4.44. The Morgan fingerprint density at radius 1 is 1.38 bits per heavy atom. The maximum absolute atomic E-state index is 12.3. The third-order valence-corrected chi connectivity index (χ3v) is 5.03. The zero-order valence-corrected chi connectivity index (χ0v) is 11.8. The predicted octanol–water partition coefficient (Wildman–Crippen LogP) is 1.48. The molecule has 2 fully saturated rings. The molecule has 2 heterocycles. The summed E-state index contributed by atoms with van der Waals surface area (Å²) in [7, 11) is 0. The lowest BCUT2D eigenvalue weighted by atomic mass is 9.86. The molecule has 1 amide bonds. The van der Waals surface area contributed by atoms with Crippen LogP contribution in [0.15, 0.2) is 23.1 Å². The normalized spacial score (nSPS) is 23.3. The fourth-order valence-electron chi connectivity index (χ4n) is 3.65. The van der Waals surface area contributed by atoms with Gasteiger partial charge in [-0.2, -0.15) is 5.10 Å². The SMILES string of the molecule is O=C(NC1CC12CCCCC2)c1ccn2c(=O)[nH]nc2c1. The Kier molecular flexibility index (Phi) is 2.67. The molecule has 6 heteroatoms. The van der Waals surface area contributed by atoms with Gasteiger partial charge in [0.2, 0.25) is 0 Å². The largest absolute Gasteiger partial charge is 0.349 e. The Hall–Kier alpha value is -2.11. The number of amides is 1. The number of fused-ring (bicyclic) bond motifs is 1. The average molecular weight is 286 g/mol. The van der Waals surface area contributed by atoms with Crippen molar-refractivity contribution < 1.29 is 4.79 Å². The van der Waals surface area contributed by atoms with E-state index in [2.05, 4.69) is 15.5 Å². The number of hydrogen-bond acceptors (Lipinski definition) is 3. The summed E-state index contributed by atoms with van der Waals surface area (Å²) in [6.07, 6.45) is 9.08. The van der Waals surface area contributed by atoms with Gasteiger partial charge in [0.1, 0.15) is 0 Å².